The number of aromatic nitrogens is 4. The molecule has 180 valence electrons. The van der Waals surface area contributed by atoms with Crippen LogP contribution >= 0.6 is 0 Å². The molecule has 4 heterocycles. The number of rotatable bonds is 2. The van der Waals surface area contributed by atoms with Crippen LogP contribution in [0.15, 0.2) is 60.1 Å². The van der Waals surface area contributed by atoms with Crippen molar-refractivity contribution in [2.24, 2.45) is 5.92 Å². The summed E-state index contributed by atoms with van der Waals surface area (Å²) in [6, 6.07) is 0. The third-order valence-corrected chi connectivity index (χ3v) is 6.20. The second-order valence-corrected chi connectivity index (χ2v) is 8.25. The van der Waals surface area contributed by atoms with Gasteiger partial charge in [0.1, 0.15) is 17.9 Å². The number of nitrogen functional groups attached to an aromatic ring is 1. The first-order valence-electron chi connectivity index (χ1n) is 10.9. The molecular formula is C23H22N6O6. The minimum Gasteiger partial charge on any atom is -0.492 e. The lowest BCUT2D eigenvalue weighted by Gasteiger charge is -2.18. The van der Waals surface area contributed by atoms with E-state index in [0.29, 0.717) is 17.6 Å². The van der Waals surface area contributed by atoms with Crippen LogP contribution in [0.4, 0.5) is 5.82 Å². The molecule has 1 saturated heterocycles. The Kier molecular flexibility index (Phi) is 5.75. The van der Waals surface area contributed by atoms with Crippen molar-refractivity contribution in [3.63, 3.8) is 0 Å². The van der Waals surface area contributed by atoms with Crippen LogP contribution in [0.3, 0.4) is 0 Å². The first kappa shape index (κ1) is 22.6. The number of hydrogen-bond acceptors (Lipinski definition) is 10. The number of nitrogens with zero attached hydrogens (tertiary/aromatic N) is 4. The summed E-state index contributed by atoms with van der Waals surface area (Å²) < 4.78 is 12.8. The van der Waals surface area contributed by atoms with Crippen molar-refractivity contribution in [3.8, 4) is 0 Å². The van der Waals surface area contributed by atoms with Crippen LogP contribution in [0.2, 0.25) is 0 Å². The van der Waals surface area contributed by atoms with E-state index >= 15 is 0 Å². The maximum absolute atomic E-state index is 12.8. The van der Waals surface area contributed by atoms with Gasteiger partial charge in [0.2, 0.25) is 17.5 Å². The number of anilines is 1. The van der Waals surface area contributed by atoms with Crippen LogP contribution in [0.5, 0.6) is 0 Å². The minimum absolute atomic E-state index is 0.0570. The lowest BCUT2D eigenvalue weighted by Crippen LogP contribution is -2.31. The standard InChI is InChI=1S/C23H22N6O6/c1-34-20-12-5-3-2-4-11-15(6-7-16(31)28-13(18(12)32)8-14(20)30)35-23(19(11)33)29-10-27-17-21(24)25-9-26-22(17)29/h2-3,6-11,15,19,23,33H,4-5H2,1H3,(H,28,31)(H2,24,25,26)/b3-2-,7-6+/t11-,15-,19-,23-/m1/s1. The number of aliphatic hydroxyl groups excluding tert-OH is 1. The third-order valence-electron chi connectivity index (χ3n) is 6.20. The van der Waals surface area contributed by atoms with Gasteiger partial charge in [0.25, 0.3) is 0 Å². The van der Waals surface area contributed by atoms with Crippen molar-refractivity contribution in [1.29, 1.82) is 0 Å². The smallest absolute Gasteiger partial charge is 0.248 e. The number of nitrogens with one attached hydrogen (secondary N) is 1. The summed E-state index contributed by atoms with van der Waals surface area (Å²) in [4.78, 5) is 50.1. The Hall–Kier alpha value is -4.16. The van der Waals surface area contributed by atoms with Crippen molar-refractivity contribution in [2.45, 2.75) is 31.3 Å². The summed E-state index contributed by atoms with van der Waals surface area (Å²) in [6.45, 7) is 0. The molecule has 2 aliphatic heterocycles. The summed E-state index contributed by atoms with van der Waals surface area (Å²) in [7, 11) is 1.31. The monoisotopic (exact) mass is 478 g/mol. The van der Waals surface area contributed by atoms with Gasteiger partial charge in [-0.05, 0) is 18.9 Å². The molecule has 0 unspecified atom stereocenters. The highest BCUT2D eigenvalue weighted by atomic mass is 16.5. The van der Waals surface area contributed by atoms with Crippen molar-refractivity contribution in [1.82, 2.24) is 24.8 Å². The SMILES string of the molecule is COC1=C2C/C=C\C[C@H]3[C@@H](O)[C@H](n4cnc5c(N)ncnc54)O[C@@H]3/C=C/C(=O)NC(=CC1=O)C2=O. The summed E-state index contributed by atoms with van der Waals surface area (Å²) >= 11 is 0. The fourth-order valence-electron chi connectivity index (χ4n) is 4.49. The van der Waals surface area contributed by atoms with Gasteiger partial charge < -0.3 is 25.6 Å². The molecule has 12 heteroatoms. The molecule has 0 radical (unpaired) electrons. The highest BCUT2D eigenvalue weighted by Crippen LogP contribution is 2.38. The zero-order valence-corrected chi connectivity index (χ0v) is 18.6. The summed E-state index contributed by atoms with van der Waals surface area (Å²) in [5, 5.41) is 13.6. The number of Topliss-reactive ketones (excluding diaryl/α,β-unsaturated/α-hetero) is 1. The average molecular weight is 478 g/mol. The lowest BCUT2D eigenvalue weighted by molar-refractivity contribution is -0.120. The molecule has 1 aliphatic carbocycles. The van der Waals surface area contributed by atoms with Gasteiger partial charge in [-0.1, -0.05) is 12.2 Å². The Labute approximate surface area is 198 Å². The molecule has 5 rings (SSSR count). The van der Waals surface area contributed by atoms with Gasteiger partial charge in [-0.2, -0.15) is 0 Å². The number of carbonyl (C=O) groups is 3. The van der Waals surface area contributed by atoms with Gasteiger partial charge in [-0.25, -0.2) is 15.0 Å². The number of imidazole rings is 1. The van der Waals surface area contributed by atoms with Crippen LogP contribution in [0.25, 0.3) is 11.2 Å². The number of methoxy groups -OCH3 is 1. The molecule has 2 bridgehead atoms. The lowest BCUT2D eigenvalue weighted by atomic mass is 9.92. The highest BCUT2D eigenvalue weighted by molar-refractivity contribution is 6.23. The number of hydrogen-bond donors (Lipinski definition) is 3. The Bertz CT molecular complexity index is 1360. The summed E-state index contributed by atoms with van der Waals surface area (Å²) in [5.74, 6) is -1.88. The Balaban J connectivity index is 1.48. The number of aliphatic hydroxyl groups is 1. The summed E-state index contributed by atoms with van der Waals surface area (Å²) in [5.41, 5.74) is 6.70. The van der Waals surface area contributed by atoms with Crippen LogP contribution < -0.4 is 11.1 Å². The van der Waals surface area contributed by atoms with Crippen LogP contribution in [-0.4, -0.2) is 61.4 Å². The Morgan fingerprint density at radius 3 is 2.86 bits per heavy atom. The van der Waals surface area contributed by atoms with Gasteiger partial charge in [0.15, 0.2) is 23.5 Å². The van der Waals surface area contributed by atoms with Gasteiger partial charge in [-0.3, -0.25) is 19.0 Å². The van der Waals surface area contributed by atoms with Crippen LogP contribution in [-0.2, 0) is 23.9 Å². The zero-order chi connectivity index (χ0) is 24.7. The molecule has 0 spiro atoms. The second kappa shape index (κ2) is 8.89. The van der Waals surface area contributed by atoms with E-state index in [4.69, 9.17) is 15.2 Å². The predicted molar refractivity (Wildman–Crippen MR) is 121 cm³/mol. The molecule has 2 aromatic rings. The van der Waals surface area contributed by atoms with Crippen molar-refractivity contribution in [2.75, 3.05) is 12.8 Å². The molecule has 1 amide bonds. The average Bonchev–Trinajstić information content (AvgIpc) is 3.39. The molecule has 12 nitrogen and oxygen atoms in total. The zero-order valence-electron chi connectivity index (χ0n) is 18.6. The van der Waals surface area contributed by atoms with E-state index in [2.05, 4.69) is 20.3 Å². The number of carbonyl (C=O) groups excluding carboxylic acids is 3. The molecule has 4 N–H and O–H groups in total. The maximum Gasteiger partial charge on any atom is 0.248 e. The molecule has 0 saturated carbocycles. The largest absolute Gasteiger partial charge is 0.492 e. The van der Waals surface area contributed by atoms with Gasteiger partial charge in [0.05, 0.1) is 30.8 Å². The molecule has 2 aromatic heterocycles. The number of nitrogens with two attached hydrogens (primary N) is 1. The topological polar surface area (TPSA) is 172 Å². The van der Waals surface area contributed by atoms with E-state index in [-0.39, 0.29) is 29.3 Å². The van der Waals surface area contributed by atoms with Crippen molar-refractivity contribution in [3.05, 3.63) is 60.1 Å². The van der Waals surface area contributed by atoms with E-state index < -0.39 is 41.8 Å². The van der Waals surface area contributed by atoms with Crippen molar-refractivity contribution >= 4 is 34.5 Å². The number of ketones is 2. The van der Waals surface area contributed by atoms with Gasteiger partial charge in [0, 0.05) is 18.1 Å². The quantitative estimate of drug-likeness (QED) is 0.401. The van der Waals surface area contributed by atoms with E-state index in [1.54, 1.807) is 16.7 Å². The van der Waals surface area contributed by atoms with Gasteiger partial charge in [-0.15, -0.1) is 0 Å². The Morgan fingerprint density at radius 2 is 2.06 bits per heavy atom. The van der Waals surface area contributed by atoms with Crippen LogP contribution in [0.1, 0.15) is 19.1 Å². The third kappa shape index (κ3) is 3.92. The number of fused-ring (bicyclic) bond motifs is 4. The molecule has 3 aliphatic rings. The molecule has 0 aromatic carbocycles. The minimum atomic E-state index is -0.977. The number of ether oxygens (including phenoxy) is 2. The highest BCUT2D eigenvalue weighted by Gasteiger charge is 2.43. The predicted octanol–water partition coefficient (Wildman–Crippen LogP) is 0.242. The van der Waals surface area contributed by atoms with E-state index in [0.717, 1.165) is 6.08 Å². The second-order valence-electron chi connectivity index (χ2n) is 8.25. The summed E-state index contributed by atoms with van der Waals surface area (Å²) in [6.07, 6.45) is 8.14. The molecular weight excluding hydrogens is 456 g/mol. The van der Waals surface area contributed by atoms with Crippen LogP contribution in [0, 0.1) is 5.92 Å². The van der Waals surface area contributed by atoms with Gasteiger partial charge >= 0.3 is 0 Å². The number of amides is 1. The Morgan fingerprint density at radius 1 is 1.23 bits per heavy atom. The molecule has 35 heavy (non-hydrogen) atoms. The molecule has 4 atom stereocenters. The van der Waals surface area contributed by atoms with Crippen molar-refractivity contribution < 1.29 is 29.0 Å². The fraction of sp³-hybridized carbons (Fsp3) is 0.304. The first-order chi connectivity index (χ1) is 16.9. The maximum atomic E-state index is 12.8. The van der Waals surface area contributed by atoms with E-state index in [1.807, 2.05) is 0 Å². The number of allylic oxidation sites excluding steroid dienone is 4. The normalized spacial score (nSPS) is 29.0. The van der Waals surface area contributed by atoms with E-state index in [1.165, 1.54) is 31.9 Å². The van der Waals surface area contributed by atoms with E-state index in [9.17, 15) is 19.5 Å². The fourth-order valence-corrected chi connectivity index (χ4v) is 4.49. The molecule has 1 fully saturated rings. The first-order valence-corrected chi connectivity index (χ1v) is 10.9.